The van der Waals surface area contributed by atoms with Crippen molar-refractivity contribution >= 4 is 5.91 Å². The maximum absolute atomic E-state index is 12.4. The van der Waals surface area contributed by atoms with Crippen LogP contribution < -0.4 is 5.73 Å². The predicted molar refractivity (Wildman–Crippen MR) is 62.0 cm³/mol. The third-order valence-electron chi connectivity index (χ3n) is 3.80. The summed E-state index contributed by atoms with van der Waals surface area (Å²) in [7, 11) is 0. The highest BCUT2D eigenvalue weighted by Crippen LogP contribution is 2.28. The number of carbonyl (C=O) groups is 1. The van der Waals surface area contributed by atoms with Crippen molar-refractivity contribution < 1.29 is 9.53 Å². The second-order valence-electron chi connectivity index (χ2n) is 5.14. The smallest absolute Gasteiger partial charge is 0.243 e. The maximum atomic E-state index is 12.4. The zero-order chi connectivity index (χ0) is 11.6. The molecule has 1 saturated carbocycles. The Morgan fingerprint density at radius 2 is 2.06 bits per heavy atom. The monoisotopic (exact) mass is 226 g/mol. The largest absolute Gasteiger partial charge is 0.377 e. The summed E-state index contributed by atoms with van der Waals surface area (Å²) in [6.07, 6.45) is 5.07. The van der Waals surface area contributed by atoms with Crippen LogP contribution in [0, 0.1) is 0 Å². The third kappa shape index (κ3) is 2.23. The summed E-state index contributed by atoms with van der Waals surface area (Å²) >= 11 is 0. The molecule has 1 unspecified atom stereocenters. The van der Waals surface area contributed by atoms with Gasteiger partial charge < -0.3 is 15.4 Å². The molecule has 2 aliphatic rings. The van der Waals surface area contributed by atoms with E-state index in [0.29, 0.717) is 19.8 Å². The van der Waals surface area contributed by atoms with E-state index in [2.05, 4.69) is 0 Å². The van der Waals surface area contributed by atoms with E-state index in [9.17, 15) is 4.79 Å². The van der Waals surface area contributed by atoms with E-state index < -0.39 is 5.54 Å². The average molecular weight is 226 g/mol. The molecule has 4 nitrogen and oxygen atoms in total. The number of rotatable bonds is 1. The van der Waals surface area contributed by atoms with E-state index in [1.165, 1.54) is 6.42 Å². The molecule has 0 aromatic heterocycles. The molecule has 0 bridgehead atoms. The Balaban J connectivity index is 2.04. The van der Waals surface area contributed by atoms with Gasteiger partial charge in [0.25, 0.3) is 0 Å². The van der Waals surface area contributed by atoms with Gasteiger partial charge in [0.05, 0.1) is 24.8 Å². The average Bonchev–Trinajstić information content (AvgIpc) is 2.30. The molecular weight excluding hydrogens is 204 g/mol. The van der Waals surface area contributed by atoms with Gasteiger partial charge in [-0.1, -0.05) is 19.3 Å². The molecule has 2 N–H and O–H groups in total. The summed E-state index contributed by atoms with van der Waals surface area (Å²) in [4.78, 5) is 14.3. The lowest BCUT2D eigenvalue weighted by Gasteiger charge is -2.41. The minimum Gasteiger partial charge on any atom is -0.377 e. The lowest BCUT2D eigenvalue weighted by Crippen LogP contribution is -2.60. The van der Waals surface area contributed by atoms with E-state index in [0.717, 1.165) is 25.7 Å². The Bertz CT molecular complexity index is 262. The van der Waals surface area contributed by atoms with Crippen LogP contribution in [0.25, 0.3) is 0 Å². The Morgan fingerprint density at radius 1 is 1.38 bits per heavy atom. The molecule has 2 fully saturated rings. The summed E-state index contributed by atoms with van der Waals surface area (Å²) in [6.45, 7) is 4.01. The normalized spacial score (nSPS) is 30.1. The van der Waals surface area contributed by atoms with Gasteiger partial charge in [0.2, 0.25) is 5.91 Å². The van der Waals surface area contributed by atoms with Crippen molar-refractivity contribution in [2.75, 3.05) is 19.8 Å². The molecule has 0 aromatic rings. The zero-order valence-corrected chi connectivity index (χ0v) is 10.1. The van der Waals surface area contributed by atoms with Gasteiger partial charge in [-0.25, -0.2) is 0 Å². The van der Waals surface area contributed by atoms with E-state index in [4.69, 9.17) is 10.5 Å². The minimum absolute atomic E-state index is 0.142. The standard InChI is InChI=1S/C12H22N2O2/c1-10-9-16-8-7-14(10)11(15)12(13)5-3-2-4-6-12/h10H,2-9,13H2,1H3. The first-order valence-electron chi connectivity index (χ1n) is 6.31. The first kappa shape index (κ1) is 11.9. The fraction of sp³-hybridized carbons (Fsp3) is 0.917. The molecule has 1 heterocycles. The first-order chi connectivity index (χ1) is 7.63. The topological polar surface area (TPSA) is 55.6 Å². The molecule has 1 aliphatic heterocycles. The van der Waals surface area contributed by atoms with Crippen LogP contribution in [0.3, 0.4) is 0 Å². The van der Waals surface area contributed by atoms with Crippen molar-refractivity contribution in [1.29, 1.82) is 0 Å². The van der Waals surface area contributed by atoms with E-state index in [1.54, 1.807) is 0 Å². The molecule has 1 amide bonds. The van der Waals surface area contributed by atoms with Crippen molar-refractivity contribution in [2.45, 2.75) is 50.6 Å². The Morgan fingerprint density at radius 3 is 2.69 bits per heavy atom. The van der Waals surface area contributed by atoms with Crippen LogP contribution in [-0.4, -0.2) is 42.1 Å². The second kappa shape index (κ2) is 4.72. The molecule has 1 aliphatic carbocycles. The molecule has 16 heavy (non-hydrogen) atoms. The van der Waals surface area contributed by atoms with Crippen LogP contribution in [0.15, 0.2) is 0 Å². The molecule has 1 saturated heterocycles. The number of nitrogens with two attached hydrogens (primary N) is 1. The van der Waals surface area contributed by atoms with E-state index in [-0.39, 0.29) is 11.9 Å². The number of carbonyl (C=O) groups excluding carboxylic acids is 1. The number of hydrogen-bond acceptors (Lipinski definition) is 3. The van der Waals surface area contributed by atoms with Crippen LogP contribution >= 0.6 is 0 Å². The quantitative estimate of drug-likeness (QED) is 0.722. The van der Waals surface area contributed by atoms with Crippen molar-refractivity contribution in [1.82, 2.24) is 4.90 Å². The number of morpholine rings is 1. The SMILES string of the molecule is CC1COCCN1C(=O)C1(N)CCCCC1. The van der Waals surface area contributed by atoms with Crippen molar-refractivity contribution in [3.05, 3.63) is 0 Å². The van der Waals surface area contributed by atoms with Crippen LogP contribution in [0.1, 0.15) is 39.0 Å². The molecule has 0 spiro atoms. The Kier molecular flexibility index (Phi) is 3.50. The fourth-order valence-electron chi connectivity index (χ4n) is 2.71. The highest BCUT2D eigenvalue weighted by Gasteiger charge is 2.40. The van der Waals surface area contributed by atoms with Crippen LogP contribution in [0.5, 0.6) is 0 Å². The number of amides is 1. The number of nitrogens with zero attached hydrogens (tertiary/aromatic N) is 1. The molecule has 0 radical (unpaired) electrons. The zero-order valence-electron chi connectivity index (χ0n) is 10.1. The van der Waals surface area contributed by atoms with Gasteiger partial charge in [-0.3, -0.25) is 4.79 Å². The van der Waals surface area contributed by atoms with Gasteiger partial charge in [-0.2, -0.15) is 0 Å². The van der Waals surface area contributed by atoms with Crippen LogP contribution in [-0.2, 0) is 9.53 Å². The van der Waals surface area contributed by atoms with Crippen molar-refractivity contribution in [3.8, 4) is 0 Å². The predicted octanol–water partition coefficient (Wildman–Crippen LogP) is 0.895. The lowest BCUT2D eigenvalue weighted by atomic mass is 9.81. The van der Waals surface area contributed by atoms with Crippen LogP contribution in [0.2, 0.25) is 0 Å². The number of hydrogen-bond donors (Lipinski definition) is 1. The second-order valence-corrected chi connectivity index (χ2v) is 5.14. The third-order valence-corrected chi connectivity index (χ3v) is 3.80. The van der Waals surface area contributed by atoms with Gasteiger partial charge in [0, 0.05) is 6.54 Å². The van der Waals surface area contributed by atoms with E-state index in [1.807, 2.05) is 11.8 Å². The Labute approximate surface area is 97.1 Å². The van der Waals surface area contributed by atoms with Gasteiger partial charge in [0.15, 0.2) is 0 Å². The summed E-state index contributed by atoms with van der Waals surface area (Å²) < 4.78 is 5.35. The highest BCUT2D eigenvalue weighted by molar-refractivity contribution is 5.86. The minimum atomic E-state index is -0.593. The van der Waals surface area contributed by atoms with Crippen LogP contribution in [0.4, 0.5) is 0 Å². The van der Waals surface area contributed by atoms with E-state index >= 15 is 0 Å². The van der Waals surface area contributed by atoms with Gasteiger partial charge >= 0.3 is 0 Å². The summed E-state index contributed by atoms with van der Waals surface area (Å²) in [5, 5.41) is 0. The molecule has 4 heteroatoms. The Hall–Kier alpha value is -0.610. The highest BCUT2D eigenvalue weighted by atomic mass is 16.5. The molecule has 1 atom stereocenters. The fourth-order valence-corrected chi connectivity index (χ4v) is 2.71. The summed E-state index contributed by atoms with van der Waals surface area (Å²) in [6, 6.07) is 0.170. The molecule has 0 aromatic carbocycles. The molecule has 92 valence electrons. The van der Waals surface area contributed by atoms with Gasteiger partial charge in [-0.15, -0.1) is 0 Å². The summed E-state index contributed by atoms with van der Waals surface area (Å²) in [5.41, 5.74) is 5.67. The van der Waals surface area contributed by atoms with Crippen molar-refractivity contribution in [3.63, 3.8) is 0 Å². The first-order valence-corrected chi connectivity index (χ1v) is 6.31. The molecule has 2 rings (SSSR count). The number of ether oxygens (including phenoxy) is 1. The maximum Gasteiger partial charge on any atom is 0.243 e. The lowest BCUT2D eigenvalue weighted by molar-refractivity contribution is -0.146. The van der Waals surface area contributed by atoms with Crippen molar-refractivity contribution in [2.24, 2.45) is 5.73 Å². The summed E-state index contributed by atoms with van der Waals surface area (Å²) in [5.74, 6) is 0.142. The van der Waals surface area contributed by atoms with Gasteiger partial charge in [0.1, 0.15) is 0 Å². The molecular formula is C12H22N2O2. The van der Waals surface area contributed by atoms with Gasteiger partial charge in [-0.05, 0) is 19.8 Å².